The SMILES string of the molecule is Cc1nc2c(F)c(-c3cccc(Cl)c3Cl)c(CCC#N)cc2c2c1cc(C1CC(OC(C)c3ccccn3)CN1C(=O)C1CC1)n2C1C2CNC1C2. The molecule has 5 aromatic rings. The summed E-state index contributed by atoms with van der Waals surface area (Å²) in [7, 11) is 0. The number of rotatable bonds is 9. The Labute approximate surface area is 311 Å². The minimum absolute atomic E-state index is 0.0478. The van der Waals surface area contributed by atoms with Crippen LogP contribution in [-0.4, -0.2) is 50.6 Å². The summed E-state index contributed by atoms with van der Waals surface area (Å²) in [6.45, 7) is 5.37. The molecule has 1 N–H and O–H groups in total. The van der Waals surface area contributed by atoms with Gasteiger partial charge in [0.05, 0.1) is 51.6 Å². The lowest BCUT2D eigenvalue weighted by Gasteiger charge is -2.39. The number of ether oxygens (including phenoxy) is 1. The van der Waals surface area contributed by atoms with Crippen molar-refractivity contribution >= 4 is 50.9 Å². The van der Waals surface area contributed by atoms with Gasteiger partial charge in [0.2, 0.25) is 5.91 Å². The van der Waals surface area contributed by atoms with Crippen molar-refractivity contribution in [3.8, 4) is 17.2 Å². The van der Waals surface area contributed by atoms with Gasteiger partial charge in [0.1, 0.15) is 5.52 Å². The van der Waals surface area contributed by atoms with Gasteiger partial charge in [0, 0.05) is 77.4 Å². The Hall–Kier alpha value is -4.07. The maximum Gasteiger partial charge on any atom is 0.226 e. The Morgan fingerprint density at radius 3 is 2.71 bits per heavy atom. The number of carbonyl (C=O) groups is 1. The molecule has 3 aliphatic heterocycles. The van der Waals surface area contributed by atoms with Crippen LogP contribution < -0.4 is 5.32 Å². The molecule has 0 radical (unpaired) electrons. The Morgan fingerprint density at radius 2 is 2.00 bits per heavy atom. The Morgan fingerprint density at radius 1 is 1.15 bits per heavy atom. The summed E-state index contributed by atoms with van der Waals surface area (Å²) in [5.74, 6) is 0.166. The summed E-state index contributed by atoms with van der Waals surface area (Å²) in [6, 6.07) is 17.7. The second-order valence-corrected chi connectivity index (χ2v) is 15.7. The summed E-state index contributed by atoms with van der Waals surface area (Å²) in [6.07, 6.45) is 5.45. The smallest absolute Gasteiger partial charge is 0.226 e. The van der Waals surface area contributed by atoms with Crippen molar-refractivity contribution in [2.45, 2.75) is 82.7 Å². The van der Waals surface area contributed by atoms with Gasteiger partial charge in [-0.1, -0.05) is 41.4 Å². The Balaban J connectivity index is 1.24. The Bertz CT molecular complexity index is 2270. The maximum absolute atomic E-state index is 17.2. The number of aromatic nitrogens is 3. The number of benzene rings is 2. The lowest BCUT2D eigenvalue weighted by atomic mass is 9.79. The molecular formula is C41H39Cl2FN6O2. The number of halogens is 3. The zero-order valence-electron chi connectivity index (χ0n) is 29.1. The molecule has 266 valence electrons. The first-order valence-corrected chi connectivity index (χ1v) is 19.1. The van der Waals surface area contributed by atoms with Gasteiger partial charge in [-0.25, -0.2) is 9.37 Å². The third-order valence-corrected chi connectivity index (χ3v) is 12.6. The molecule has 2 saturated carbocycles. The van der Waals surface area contributed by atoms with Crippen LogP contribution in [0.25, 0.3) is 32.9 Å². The molecular weight excluding hydrogens is 698 g/mol. The van der Waals surface area contributed by atoms with Crippen LogP contribution in [0.15, 0.2) is 54.7 Å². The number of nitrogens with one attached hydrogen (secondary N) is 1. The van der Waals surface area contributed by atoms with E-state index in [1.165, 1.54) is 0 Å². The van der Waals surface area contributed by atoms with Crippen molar-refractivity contribution in [1.82, 2.24) is 24.8 Å². The Kier molecular flexibility index (Phi) is 8.50. The van der Waals surface area contributed by atoms with E-state index in [0.717, 1.165) is 48.1 Å². The van der Waals surface area contributed by atoms with Crippen molar-refractivity contribution in [2.75, 3.05) is 13.1 Å². The number of pyridine rings is 2. The van der Waals surface area contributed by atoms with Crippen LogP contribution in [0, 0.1) is 35.9 Å². The van der Waals surface area contributed by atoms with E-state index in [2.05, 4.69) is 31.9 Å². The number of carbonyl (C=O) groups excluding carboxylic acids is 1. The summed E-state index contributed by atoms with van der Waals surface area (Å²) in [5, 5.41) is 15.5. The molecule has 6 atom stereocenters. The van der Waals surface area contributed by atoms with Gasteiger partial charge in [0.15, 0.2) is 5.82 Å². The molecule has 1 amide bonds. The van der Waals surface area contributed by atoms with Gasteiger partial charge in [-0.2, -0.15) is 5.26 Å². The number of nitriles is 1. The zero-order chi connectivity index (χ0) is 35.8. The molecule has 2 aliphatic carbocycles. The van der Waals surface area contributed by atoms with E-state index in [9.17, 15) is 10.1 Å². The first kappa shape index (κ1) is 33.7. The summed E-state index contributed by atoms with van der Waals surface area (Å²) in [4.78, 5) is 25.5. The fraction of sp³-hybridized carbons (Fsp3) is 0.415. The van der Waals surface area contributed by atoms with Crippen LogP contribution in [0.4, 0.5) is 4.39 Å². The molecule has 5 aliphatic rings. The second-order valence-electron chi connectivity index (χ2n) is 15.0. The standard InChI is InChI=1S/C41H39Cl2FN6O2/c1-21-28-18-34(33-17-26(20-49(33)41(51)23-11-12-23)52-22(2)31-10-3-4-14-46-31)50(39-25-16-32(39)47-19-25)40(28)29-15-24(7-6-13-45)35(37(44)38(29)48-21)27-8-5-9-30(42)36(27)43/h3-5,8-10,14-15,18,22-23,25-26,32-33,39,47H,6-7,11-12,16-17,19-20H2,1-2H3. The molecule has 11 heteroatoms. The molecule has 2 aromatic carbocycles. The maximum atomic E-state index is 17.2. The van der Waals surface area contributed by atoms with Crippen LogP contribution in [0.5, 0.6) is 0 Å². The zero-order valence-corrected chi connectivity index (χ0v) is 30.6. The first-order chi connectivity index (χ1) is 25.2. The van der Waals surface area contributed by atoms with Crippen LogP contribution >= 0.6 is 23.2 Å². The average molecular weight is 738 g/mol. The quantitative estimate of drug-likeness (QED) is 0.163. The molecule has 6 unspecified atom stereocenters. The third kappa shape index (κ3) is 5.49. The highest BCUT2D eigenvalue weighted by Crippen LogP contribution is 2.51. The van der Waals surface area contributed by atoms with Gasteiger partial charge in [-0.15, -0.1) is 0 Å². The molecule has 0 spiro atoms. The van der Waals surface area contributed by atoms with Crippen LogP contribution in [-0.2, 0) is 16.0 Å². The van der Waals surface area contributed by atoms with Crippen LogP contribution in [0.3, 0.4) is 0 Å². The van der Waals surface area contributed by atoms with E-state index in [0.29, 0.717) is 58.1 Å². The highest BCUT2D eigenvalue weighted by Gasteiger charge is 2.51. The lowest BCUT2D eigenvalue weighted by Crippen LogP contribution is -2.41. The number of hydrogen-bond acceptors (Lipinski definition) is 6. The summed E-state index contributed by atoms with van der Waals surface area (Å²) in [5.41, 5.74) is 5.27. The molecule has 3 aromatic heterocycles. The number of aryl methyl sites for hydroxylation is 2. The normalized spacial score (nSPS) is 24.4. The number of likely N-dealkylation sites (tertiary alicyclic amines) is 1. The largest absolute Gasteiger partial charge is 0.367 e. The van der Waals surface area contributed by atoms with Gasteiger partial charge in [0.25, 0.3) is 0 Å². The molecule has 10 rings (SSSR count). The minimum Gasteiger partial charge on any atom is -0.367 e. The fourth-order valence-electron chi connectivity index (χ4n) is 9.06. The van der Waals surface area contributed by atoms with Gasteiger partial charge in [-0.3, -0.25) is 9.78 Å². The van der Waals surface area contributed by atoms with Crippen molar-refractivity contribution in [3.63, 3.8) is 0 Å². The predicted molar refractivity (Wildman–Crippen MR) is 200 cm³/mol. The van der Waals surface area contributed by atoms with E-state index >= 15 is 4.39 Å². The monoisotopic (exact) mass is 736 g/mol. The van der Waals surface area contributed by atoms with Crippen LogP contribution in [0.2, 0.25) is 10.0 Å². The van der Waals surface area contributed by atoms with Crippen molar-refractivity contribution in [1.29, 1.82) is 5.26 Å². The molecule has 2 bridgehead atoms. The van der Waals surface area contributed by atoms with Gasteiger partial charge < -0.3 is 19.5 Å². The lowest BCUT2D eigenvalue weighted by molar-refractivity contribution is -0.134. The van der Waals surface area contributed by atoms with E-state index in [-0.39, 0.29) is 59.1 Å². The first-order valence-electron chi connectivity index (χ1n) is 18.3. The fourth-order valence-corrected chi connectivity index (χ4v) is 9.45. The molecule has 3 saturated heterocycles. The predicted octanol–water partition coefficient (Wildman–Crippen LogP) is 8.82. The van der Waals surface area contributed by atoms with Crippen molar-refractivity contribution < 1.29 is 13.9 Å². The highest BCUT2D eigenvalue weighted by atomic mass is 35.5. The third-order valence-electron chi connectivity index (χ3n) is 11.7. The van der Waals surface area contributed by atoms with Gasteiger partial charge in [-0.05, 0) is 81.3 Å². The molecule has 8 nitrogen and oxygen atoms in total. The topological polar surface area (TPSA) is 96.1 Å². The van der Waals surface area contributed by atoms with Crippen LogP contribution in [0.1, 0.15) is 79.9 Å². The number of amides is 1. The molecule has 52 heavy (non-hydrogen) atoms. The number of fused-ring (bicyclic) bond motifs is 4. The molecule has 5 fully saturated rings. The van der Waals surface area contributed by atoms with E-state index in [4.69, 9.17) is 32.9 Å². The average Bonchev–Trinajstić information content (AvgIpc) is 3.43. The minimum atomic E-state index is -0.480. The molecule has 6 heterocycles. The second kappa shape index (κ2) is 13.1. The summed E-state index contributed by atoms with van der Waals surface area (Å²) >= 11 is 13.1. The van der Waals surface area contributed by atoms with E-state index in [1.54, 1.807) is 24.4 Å². The van der Waals surface area contributed by atoms with E-state index in [1.807, 2.05) is 38.1 Å². The van der Waals surface area contributed by atoms with Crippen molar-refractivity contribution in [2.24, 2.45) is 11.8 Å². The van der Waals surface area contributed by atoms with Crippen molar-refractivity contribution in [3.05, 3.63) is 93.2 Å². The highest BCUT2D eigenvalue weighted by molar-refractivity contribution is 6.43. The number of nitrogens with zero attached hydrogens (tertiary/aromatic N) is 5. The van der Waals surface area contributed by atoms with E-state index < -0.39 is 5.82 Å². The number of hydrogen-bond donors (Lipinski definition) is 1. The van der Waals surface area contributed by atoms with Gasteiger partial charge >= 0.3 is 0 Å². The summed E-state index contributed by atoms with van der Waals surface area (Å²) < 4.78 is 26.3.